The number of rotatable bonds is 6. The van der Waals surface area contributed by atoms with E-state index in [0.29, 0.717) is 5.56 Å². The number of anilines is 1. The number of ether oxygens (including phenoxy) is 1. The van der Waals surface area contributed by atoms with Crippen LogP contribution < -0.4 is 11.1 Å². The Balaban J connectivity index is 0.00000158. The second-order valence-electron chi connectivity index (χ2n) is 7.87. The van der Waals surface area contributed by atoms with Crippen molar-refractivity contribution in [1.82, 2.24) is 4.98 Å². The van der Waals surface area contributed by atoms with Crippen molar-refractivity contribution in [3.8, 4) is 0 Å². The van der Waals surface area contributed by atoms with Gasteiger partial charge in [-0.2, -0.15) is 0 Å². The van der Waals surface area contributed by atoms with Gasteiger partial charge in [0.1, 0.15) is 6.61 Å². The van der Waals surface area contributed by atoms with E-state index in [0.717, 1.165) is 38.7 Å². The molecule has 6 nitrogen and oxygen atoms in total. The van der Waals surface area contributed by atoms with Crippen LogP contribution in [0.2, 0.25) is 0 Å². The molecule has 6 heteroatoms. The van der Waals surface area contributed by atoms with Gasteiger partial charge in [0.05, 0.1) is 12.0 Å². The average molecular weight is 456 g/mol. The first-order valence-corrected chi connectivity index (χ1v) is 11.0. The summed E-state index contributed by atoms with van der Waals surface area (Å²) in [5, 5.41) is 4.99. The van der Waals surface area contributed by atoms with Gasteiger partial charge in [-0.3, -0.25) is 9.78 Å². The molecule has 34 heavy (non-hydrogen) atoms. The molecule has 1 amide bonds. The number of esters is 1. The third-order valence-corrected chi connectivity index (χ3v) is 5.28. The van der Waals surface area contributed by atoms with E-state index < -0.39 is 0 Å². The molecule has 4 aromatic rings. The van der Waals surface area contributed by atoms with Gasteiger partial charge in [0.25, 0.3) is 0 Å². The summed E-state index contributed by atoms with van der Waals surface area (Å²) in [6, 6.07) is 20.8. The lowest BCUT2D eigenvalue weighted by atomic mass is 10.1. The first-order chi connectivity index (χ1) is 16.5. The molecule has 0 saturated heterocycles. The quantitative estimate of drug-likeness (QED) is 0.401. The molecule has 1 heterocycles. The number of hydrogen-bond acceptors (Lipinski definition) is 5. The Labute approximate surface area is 199 Å². The summed E-state index contributed by atoms with van der Waals surface area (Å²) in [5.41, 5.74) is 9.60. The smallest absolute Gasteiger partial charge is 0.338 e. The minimum Gasteiger partial charge on any atom is -0.457 e. The minimum absolute atomic E-state index is 0.0903. The zero-order valence-corrected chi connectivity index (χ0v) is 19.7. The topological polar surface area (TPSA) is 94.3 Å². The average Bonchev–Trinajstić information content (AvgIpc) is 2.84. The Hall–Kier alpha value is -4.03. The maximum absolute atomic E-state index is 12.4. The second-order valence-corrected chi connectivity index (χ2v) is 7.87. The third kappa shape index (κ3) is 6.49. The van der Waals surface area contributed by atoms with Gasteiger partial charge in [0, 0.05) is 23.5 Å². The zero-order chi connectivity index (χ0) is 24.5. The molecule has 4 rings (SSSR count). The summed E-state index contributed by atoms with van der Waals surface area (Å²) in [5.74, 6) is -0.426. The molecule has 1 aromatic heterocycles. The third-order valence-electron chi connectivity index (χ3n) is 5.28. The molecule has 0 atom stereocenters. The van der Waals surface area contributed by atoms with Crippen LogP contribution >= 0.6 is 0 Å². The standard InChI is InChI=1S/C27H24N2O3.CH5N/c1-18-3-10-25(19(2)13-18)27(31)32-17-21-6-4-20(5-7-21)14-26(30)29-24-9-8-23-16-28-12-11-22(23)15-24;1-2/h3-13,15-16H,14,17H2,1-2H3,(H,29,30);2H2,1H3. The van der Waals surface area contributed by atoms with Crippen LogP contribution in [0.15, 0.2) is 79.1 Å². The highest BCUT2D eigenvalue weighted by Crippen LogP contribution is 2.18. The van der Waals surface area contributed by atoms with Crippen LogP contribution in [0.3, 0.4) is 0 Å². The van der Waals surface area contributed by atoms with Gasteiger partial charge in [-0.05, 0) is 67.2 Å². The van der Waals surface area contributed by atoms with E-state index >= 15 is 0 Å². The number of fused-ring (bicyclic) bond motifs is 1. The zero-order valence-electron chi connectivity index (χ0n) is 19.7. The van der Waals surface area contributed by atoms with Crippen molar-refractivity contribution in [2.24, 2.45) is 5.73 Å². The largest absolute Gasteiger partial charge is 0.457 e. The number of nitrogens with zero attached hydrogens (tertiary/aromatic N) is 1. The molecule has 0 bridgehead atoms. The fourth-order valence-corrected chi connectivity index (χ4v) is 3.57. The molecule has 0 unspecified atom stereocenters. The Bertz CT molecular complexity index is 1280. The number of amides is 1. The van der Waals surface area contributed by atoms with Crippen molar-refractivity contribution in [3.05, 3.63) is 107 Å². The number of nitrogens with two attached hydrogens (primary N) is 1. The van der Waals surface area contributed by atoms with Gasteiger partial charge in [0.2, 0.25) is 5.91 Å². The minimum atomic E-state index is -0.336. The summed E-state index contributed by atoms with van der Waals surface area (Å²) >= 11 is 0. The van der Waals surface area contributed by atoms with Gasteiger partial charge >= 0.3 is 5.97 Å². The van der Waals surface area contributed by atoms with E-state index in [9.17, 15) is 9.59 Å². The maximum atomic E-state index is 12.4. The molecule has 3 aromatic carbocycles. The first kappa shape index (κ1) is 24.6. The lowest BCUT2D eigenvalue weighted by molar-refractivity contribution is -0.115. The molecule has 0 saturated carbocycles. The van der Waals surface area contributed by atoms with Crippen molar-refractivity contribution >= 4 is 28.3 Å². The fraction of sp³-hybridized carbons (Fsp3) is 0.179. The molecular formula is C28H29N3O3. The predicted octanol–water partition coefficient (Wildman–Crippen LogP) is 4.96. The van der Waals surface area contributed by atoms with Gasteiger partial charge in [-0.15, -0.1) is 0 Å². The summed E-state index contributed by atoms with van der Waals surface area (Å²) in [7, 11) is 1.50. The summed E-state index contributed by atoms with van der Waals surface area (Å²) < 4.78 is 5.45. The van der Waals surface area contributed by atoms with Crippen molar-refractivity contribution in [2.45, 2.75) is 26.9 Å². The number of nitrogens with one attached hydrogen (secondary N) is 1. The Morgan fingerprint density at radius 1 is 0.882 bits per heavy atom. The van der Waals surface area contributed by atoms with E-state index in [1.807, 2.05) is 74.5 Å². The van der Waals surface area contributed by atoms with E-state index in [-0.39, 0.29) is 24.9 Å². The molecule has 174 valence electrons. The van der Waals surface area contributed by atoms with Crippen LogP contribution in [0.5, 0.6) is 0 Å². The van der Waals surface area contributed by atoms with Crippen LogP contribution in [0, 0.1) is 13.8 Å². The van der Waals surface area contributed by atoms with Crippen LogP contribution in [0.25, 0.3) is 10.8 Å². The number of carbonyl (C=O) groups excluding carboxylic acids is 2. The lowest BCUT2D eigenvalue weighted by Gasteiger charge is -2.09. The molecule has 3 N–H and O–H groups in total. The van der Waals surface area contributed by atoms with Crippen molar-refractivity contribution in [1.29, 1.82) is 0 Å². The Morgan fingerprint density at radius 2 is 1.62 bits per heavy atom. The molecule has 0 aliphatic carbocycles. The van der Waals surface area contributed by atoms with Crippen molar-refractivity contribution in [3.63, 3.8) is 0 Å². The molecule has 0 aliphatic heterocycles. The van der Waals surface area contributed by atoms with Crippen LogP contribution in [0.1, 0.15) is 32.6 Å². The molecule has 0 radical (unpaired) electrons. The van der Waals surface area contributed by atoms with E-state index in [2.05, 4.69) is 16.0 Å². The summed E-state index contributed by atoms with van der Waals surface area (Å²) in [4.78, 5) is 28.9. The van der Waals surface area contributed by atoms with Gasteiger partial charge in [-0.1, -0.05) is 48.0 Å². The molecule has 0 fully saturated rings. The van der Waals surface area contributed by atoms with Crippen molar-refractivity contribution < 1.29 is 14.3 Å². The lowest BCUT2D eigenvalue weighted by Crippen LogP contribution is -2.14. The SMILES string of the molecule is CN.Cc1ccc(C(=O)OCc2ccc(CC(=O)Nc3ccc4cnccc4c3)cc2)c(C)c1. The summed E-state index contributed by atoms with van der Waals surface area (Å²) in [6.45, 7) is 4.08. The number of aryl methyl sites for hydroxylation is 2. The number of carbonyl (C=O) groups is 2. The second kappa shape index (κ2) is 11.7. The number of pyridine rings is 1. The number of aromatic nitrogens is 1. The van der Waals surface area contributed by atoms with Crippen LogP contribution in [-0.4, -0.2) is 23.9 Å². The Morgan fingerprint density at radius 3 is 2.35 bits per heavy atom. The number of benzene rings is 3. The Kier molecular flexibility index (Phi) is 8.48. The monoisotopic (exact) mass is 455 g/mol. The predicted molar refractivity (Wildman–Crippen MR) is 136 cm³/mol. The highest BCUT2D eigenvalue weighted by molar-refractivity contribution is 5.95. The van der Waals surface area contributed by atoms with Gasteiger partial charge < -0.3 is 15.8 Å². The van der Waals surface area contributed by atoms with Gasteiger partial charge in [0.15, 0.2) is 0 Å². The van der Waals surface area contributed by atoms with Crippen molar-refractivity contribution in [2.75, 3.05) is 12.4 Å². The van der Waals surface area contributed by atoms with Crippen LogP contribution in [-0.2, 0) is 22.6 Å². The highest BCUT2D eigenvalue weighted by atomic mass is 16.5. The summed E-state index contributed by atoms with van der Waals surface area (Å²) in [6.07, 6.45) is 3.79. The highest BCUT2D eigenvalue weighted by Gasteiger charge is 2.11. The van der Waals surface area contributed by atoms with E-state index in [4.69, 9.17) is 4.74 Å². The molecular weight excluding hydrogens is 426 g/mol. The fourth-order valence-electron chi connectivity index (χ4n) is 3.57. The normalized spacial score (nSPS) is 10.2. The van der Waals surface area contributed by atoms with E-state index in [1.54, 1.807) is 18.5 Å². The van der Waals surface area contributed by atoms with E-state index in [1.165, 1.54) is 7.05 Å². The van der Waals surface area contributed by atoms with Crippen LogP contribution in [0.4, 0.5) is 5.69 Å². The first-order valence-electron chi connectivity index (χ1n) is 11.0. The molecule has 0 aliphatic rings. The number of hydrogen-bond donors (Lipinski definition) is 2. The van der Waals surface area contributed by atoms with Gasteiger partial charge in [-0.25, -0.2) is 4.79 Å². The maximum Gasteiger partial charge on any atom is 0.338 e. The molecule has 0 spiro atoms.